The van der Waals surface area contributed by atoms with Crippen LogP contribution in [-0.2, 0) is 13.6 Å². The zero-order valence-corrected chi connectivity index (χ0v) is 18.5. The summed E-state index contributed by atoms with van der Waals surface area (Å²) in [7, 11) is 1.59. The molecule has 0 spiro atoms. The van der Waals surface area contributed by atoms with Gasteiger partial charge in [0.05, 0.1) is 11.8 Å². The van der Waals surface area contributed by atoms with Crippen molar-refractivity contribution in [3.05, 3.63) is 50.4 Å². The van der Waals surface area contributed by atoms with Gasteiger partial charge < -0.3 is 9.84 Å². The third kappa shape index (κ3) is 5.66. The van der Waals surface area contributed by atoms with E-state index in [-0.39, 0.29) is 24.9 Å². The number of ether oxygens (including phenoxy) is 1. The molecule has 1 atom stereocenters. The van der Waals surface area contributed by atoms with Gasteiger partial charge in [-0.05, 0) is 38.3 Å². The zero-order chi connectivity index (χ0) is 22.3. The normalized spacial score (nSPS) is 12.8. The monoisotopic (exact) mass is 416 g/mol. The Hall–Kier alpha value is -2.74. The van der Waals surface area contributed by atoms with Gasteiger partial charge in [-0.15, -0.1) is 0 Å². The molecule has 2 aromatic heterocycles. The highest BCUT2D eigenvalue weighted by Crippen LogP contribution is 2.21. The molecule has 0 radical (unpaired) electrons. The first-order valence-electron chi connectivity index (χ1n) is 10.4. The lowest BCUT2D eigenvalue weighted by atomic mass is 10.0. The lowest BCUT2D eigenvalue weighted by Crippen LogP contribution is -2.40. The standard InChI is InChI=1S/C22H32N4O4/c1-6-7-9-16(3)20(30-18-12-15(2)13-23-14-18)24-19-17(4)21(28)26(10-8-11-27)22(29)25(19)5/h12-14,16,27H,6-11H2,1-5H3. The minimum atomic E-state index is -0.462. The van der Waals surface area contributed by atoms with Crippen LogP contribution < -0.4 is 16.0 Å². The topological polar surface area (TPSA) is 98.7 Å². The highest BCUT2D eigenvalue weighted by molar-refractivity contribution is 5.83. The molecule has 2 heterocycles. The average Bonchev–Trinajstić information content (AvgIpc) is 2.72. The van der Waals surface area contributed by atoms with Gasteiger partial charge in [0.1, 0.15) is 11.6 Å². The van der Waals surface area contributed by atoms with Crippen molar-refractivity contribution in [2.45, 2.75) is 59.9 Å². The largest absolute Gasteiger partial charge is 0.441 e. The Labute approximate surface area is 176 Å². The lowest BCUT2D eigenvalue weighted by Gasteiger charge is -2.18. The summed E-state index contributed by atoms with van der Waals surface area (Å²) in [5.41, 5.74) is 0.461. The Morgan fingerprint density at radius 1 is 1.27 bits per heavy atom. The number of aliphatic hydroxyl groups excluding tert-OH is 1. The molecule has 0 aromatic carbocycles. The van der Waals surface area contributed by atoms with Crippen LogP contribution in [0.1, 0.15) is 50.7 Å². The molecule has 1 unspecified atom stereocenters. The van der Waals surface area contributed by atoms with Crippen LogP contribution in [0.5, 0.6) is 5.75 Å². The van der Waals surface area contributed by atoms with E-state index in [9.17, 15) is 9.59 Å². The van der Waals surface area contributed by atoms with E-state index in [1.807, 2.05) is 19.9 Å². The molecule has 0 amide bonds. The van der Waals surface area contributed by atoms with Crippen LogP contribution in [0.2, 0.25) is 0 Å². The number of nitrogens with zero attached hydrogens (tertiary/aromatic N) is 4. The predicted molar refractivity (Wildman–Crippen MR) is 118 cm³/mol. The van der Waals surface area contributed by atoms with Crippen molar-refractivity contribution in [2.75, 3.05) is 6.61 Å². The second kappa shape index (κ2) is 10.9. The van der Waals surface area contributed by atoms with Gasteiger partial charge in [-0.25, -0.2) is 4.79 Å². The number of rotatable bonds is 9. The summed E-state index contributed by atoms with van der Waals surface area (Å²) in [6, 6.07) is 1.87. The fourth-order valence-corrected chi connectivity index (χ4v) is 3.17. The number of pyridine rings is 1. The van der Waals surface area contributed by atoms with E-state index in [1.54, 1.807) is 26.4 Å². The SMILES string of the molecule is CCCCC(C)C(=Nc1c(C)c(=O)n(CCCO)c(=O)n1C)Oc1cncc(C)c1. The van der Waals surface area contributed by atoms with Gasteiger partial charge in [0.25, 0.3) is 5.56 Å². The van der Waals surface area contributed by atoms with Crippen molar-refractivity contribution in [1.82, 2.24) is 14.1 Å². The first-order chi connectivity index (χ1) is 14.3. The van der Waals surface area contributed by atoms with Crippen LogP contribution in [0.25, 0.3) is 0 Å². The Morgan fingerprint density at radius 2 is 2.00 bits per heavy atom. The van der Waals surface area contributed by atoms with Crippen molar-refractivity contribution in [2.24, 2.45) is 18.0 Å². The van der Waals surface area contributed by atoms with Crippen LogP contribution >= 0.6 is 0 Å². The van der Waals surface area contributed by atoms with E-state index < -0.39 is 11.2 Å². The molecule has 2 rings (SSSR count). The highest BCUT2D eigenvalue weighted by Gasteiger charge is 2.18. The molecular formula is C22H32N4O4. The van der Waals surface area contributed by atoms with Gasteiger partial charge in [0.2, 0.25) is 0 Å². The summed E-state index contributed by atoms with van der Waals surface area (Å²) in [6.45, 7) is 7.79. The van der Waals surface area contributed by atoms with E-state index in [0.29, 0.717) is 23.6 Å². The van der Waals surface area contributed by atoms with E-state index in [2.05, 4.69) is 16.9 Å². The Kier molecular flexibility index (Phi) is 8.53. The molecule has 8 heteroatoms. The number of hydrogen-bond acceptors (Lipinski definition) is 6. The van der Waals surface area contributed by atoms with Crippen LogP contribution in [0.4, 0.5) is 5.82 Å². The molecule has 30 heavy (non-hydrogen) atoms. The minimum Gasteiger partial charge on any atom is -0.441 e. The average molecular weight is 417 g/mol. The van der Waals surface area contributed by atoms with E-state index >= 15 is 0 Å². The summed E-state index contributed by atoms with van der Waals surface area (Å²) >= 11 is 0. The van der Waals surface area contributed by atoms with E-state index in [4.69, 9.17) is 9.84 Å². The fourth-order valence-electron chi connectivity index (χ4n) is 3.17. The Morgan fingerprint density at radius 3 is 2.63 bits per heavy atom. The predicted octanol–water partition coefficient (Wildman–Crippen LogP) is 2.88. The molecule has 0 saturated heterocycles. The second-order valence-electron chi connectivity index (χ2n) is 7.62. The summed E-state index contributed by atoms with van der Waals surface area (Å²) in [4.78, 5) is 34.3. The molecule has 2 aromatic rings. The third-order valence-electron chi connectivity index (χ3n) is 4.98. The Bertz CT molecular complexity index is 970. The first kappa shape index (κ1) is 23.5. The number of unbranched alkanes of at least 4 members (excludes halogenated alkanes) is 1. The minimum absolute atomic E-state index is 0.00298. The Balaban J connectivity index is 2.56. The second-order valence-corrected chi connectivity index (χ2v) is 7.62. The molecule has 1 N–H and O–H groups in total. The number of aliphatic imine (C=N–C) groups is 1. The van der Waals surface area contributed by atoms with Crippen LogP contribution in [0.15, 0.2) is 33.0 Å². The van der Waals surface area contributed by atoms with Gasteiger partial charge in [-0.3, -0.25) is 18.9 Å². The maximum absolute atomic E-state index is 12.7. The van der Waals surface area contributed by atoms with Crippen LogP contribution in [0, 0.1) is 19.8 Å². The summed E-state index contributed by atoms with van der Waals surface area (Å²) in [5, 5.41) is 9.05. The summed E-state index contributed by atoms with van der Waals surface area (Å²) in [6.07, 6.45) is 6.62. The molecular weight excluding hydrogens is 384 g/mol. The van der Waals surface area contributed by atoms with E-state index in [1.165, 1.54) is 4.57 Å². The molecule has 164 valence electrons. The van der Waals surface area contributed by atoms with Crippen molar-refractivity contribution in [1.29, 1.82) is 0 Å². The van der Waals surface area contributed by atoms with Gasteiger partial charge in [0, 0.05) is 32.3 Å². The van der Waals surface area contributed by atoms with Crippen molar-refractivity contribution >= 4 is 11.7 Å². The lowest BCUT2D eigenvalue weighted by molar-refractivity contribution is 0.277. The van der Waals surface area contributed by atoms with Gasteiger partial charge in [-0.2, -0.15) is 4.99 Å². The first-order valence-corrected chi connectivity index (χ1v) is 10.4. The summed E-state index contributed by atoms with van der Waals surface area (Å²) in [5.74, 6) is 1.29. The number of aliphatic hydroxyl groups is 1. The van der Waals surface area contributed by atoms with Crippen molar-refractivity contribution < 1.29 is 9.84 Å². The van der Waals surface area contributed by atoms with E-state index in [0.717, 1.165) is 29.4 Å². The van der Waals surface area contributed by atoms with Crippen LogP contribution in [0.3, 0.4) is 0 Å². The highest BCUT2D eigenvalue weighted by atomic mass is 16.5. The maximum atomic E-state index is 12.7. The van der Waals surface area contributed by atoms with Crippen LogP contribution in [-0.4, -0.2) is 31.7 Å². The molecule has 0 aliphatic rings. The molecule has 8 nitrogen and oxygen atoms in total. The molecule has 0 aliphatic heterocycles. The zero-order valence-electron chi connectivity index (χ0n) is 18.5. The molecule has 0 fully saturated rings. The fraction of sp³-hybridized carbons (Fsp3) is 0.545. The smallest absolute Gasteiger partial charge is 0.332 e. The van der Waals surface area contributed by atoms with Crippen molar-refractivity contribution in [3.8, 4) is 5.75 Å². The van der Waals surface area contributed by atoms with Gasteiger partial charge in [-0.1, -0.05) is 26.7 Å². The van der Waals surface area contributed by atoms with Gasteiger partial charge in [0.15, 0.2) is 5.90 Å². The quantitative estimate of drug-likeness (QED) is 0.501. The number of hydrogen-bond donors (Lipinski definition) is 1. The van der Waals surface area contributed by atoms with Crippen molar-refractivity contribution in [3.63, 3.8) is 0 Å². The molecule has 0 aliphatic carbocycles. The summed E-state index contributed by atoms with van der Waals surface area (Å²) < 4.78 is 8.57. The molecule has 0 bridgehead atoms. The maximum Gasteiger partial charge on any atom is 0.332 e. The van der Waals surface area contributed by atoms with Gasteiger partial charge >= 0.3 is 5.69 Å². The molecule has 0 saturated carbocycles. The number of aromatic nitrogens is 3. The number of aryl methyl sites for hydroxylation is 1. The third-order valence-corrected chi connectivity index (χ3v) is 4.98.